The summed E-state index contributed by atoms with van der Waals surface area (Å²) in [5.41, 5.74) is 1.91. The molecule has 4 aromatic carbocycles. The van der Waals surface area contributed by atoms with Gasteiger partial charge in [-0.05, 0) is 48.5 Å². The lowest BCUT2D eigenvalue weighted by Crippen LogP contribution is -2.21. The van der Waals surface area contributed by atoms with Gasteiger partial charge >= 0.3 is 0 Å². The van der Waals surface area contributed by atoms with Crippen molar-refractivity contribution in [2.75, 3.05) is 19.0 Å². The number of halogens is 1. The molecule has 9 nitrogen and oxygen atoms in total. The summed E-state index contributed by atoms with van der Waals surface area (Å²) < 4.78 is 19.4. The summed E-state index contributed by atoms with van der Waals surface area (Å²) in [6.45, 7) is -0.282. The molecule has 0 bridgehead atoms. The Morgan fingerprint density at radius 3 is 2.60 bits per heavy atom. The van der Waals surface area contributed by atoms with Crippen LogP contribution in [-0.4, -0.2) is 35.5 Å². The molecule has 0 aliphatic heterocycles. The first-order valence-electron chi connectivity index (χ1n) is 12.9. The van der Waals surface area contributed by atoms with E-state index in [1.165, 1.54) is 18.0 Å². The smallest absolute Gasteiger partial charge is 0.282 e. The van der Waals surface area contributed by atoms with Crippen LogP contribution < -0.4 is 20.3 Å². The summed E-state index contributed by atoms with van der Waals surface area (Å²) in [6.07, 6.45) is 1.46. The highest BCUT2D eigenvalue weighted by molar-refractivity contribution is 9.10. The maximum atomic E-state index is 13.7. The van der Waals surface area contributed by atoms with Crippen molar-refractivity contribution in [2.45, 2.75) is 0 Å². The van der Waals surface area contributed by atoms with Crippen LogP contribution in [0.25, 0.3) is 33.5 Å². The number of nitrogens with zero attached hydrogens (tertiary/aromatic N) is 3. The third-order valence-electron chi connectivity index (χ3n) is 6.39. The molecule has 0 aliphatic rings. The van der Waals surface area contributed by atoms with Gasteiger partial charge in [0.1, 0.15) is 5.58 Å². The summed E-state index contributed by atoms with van der Waals surface area (Å²) in [5, 5.41) is 8.60. The molecule has 0 fully saturated rings. The molecule has 2 heterocycles. The van der Waals surface area contributed by atoms with E-state index in [4.69, 9.17) is 18.9 Å². The zero-order valence-corrected chi connectivity index (χ0v) is 23.9. The molecule has 2 aromatic heterocycles. The van der Waals surface area contributed by atoms with Crippen LogP contribution in [0.5, 0.6) is 11.5 Å². The Kier molecular flexibility index (Phi) is 7.52. The Hall–Kier alpha value is -5.22. The highest BCUT2D eigenvalue weighted by atomic mass is 79.9. The molecule has 1 amide bonds. The Morgan fingerprint density at radius 2 is 1.79 bits per heavy atom. The second-order valence-electron chi connectivity index (χ2n) is 9.19. The standard InChI is InChI=1S/C32H23BrN4O5/c1-40-27-17-22(33)15-21(30(27)41-19-29(38)35-23-10-3-2-4-11-23)18-34-37-31(28-16-20-9-5-8-14-26(20)42-28)36-25-13-7-6-12-24(25)32(37)39/h2-18H,19H2,1H3,(H,35,38). The van der Waals surface area contributed by atoms with Gasteiger partial charge in [0.15, 0.2) is 23.9 Å². The van der Waals surface area contributed by atoms with E-state index in [0.717, 1.165) is 5.39 Å². The minimum atomic E-state index is -0.376. The highest BCUT2D eigenvalue weighted by Crippen LogP contribution is 2.34. The molecule has 10 heteroatoms. The number of methoxy groups -OCH3 is 1. The molecule has 42 heavy (non-hydrogen) atoms. The topological polar surface area (TPSA) is 108 Å². The molecule has 0 aliphatic carbocycles. The number of para-hydroxylation sites is 3. The summed E-state index contributed by atoms with van der Waals surface area (Å²) >= 11 is 3.48. The average molecular weight is 623 g/mol. The van der Waals surface area contributed by atoms with Crippen molar-refractivity contribution >= 4 is 55.6 Å². The number of hydrogen-bond donors (Lipinski definition) is 1. The third kappa shape index (κ3) is 5.52. The lowest BCUT2D eigenvalue weighted by Gasteiger charge is -2.14. The van der Waals surface area contributed by atoms with E-state index in [0.29, 0.717) is 43.7 Å². The maximum absolute atomic E-state index is 13.7. The zero-order chi connectivity index (χ0) is 29.1. The number of amides is 1. The molecule has 0 saturated heterocycles. The number of furan rings is 1. The first-order valence-corrected chi connectivity index (χ1v) is 13.7. The fourth-order valence-corrected chi connectivity index (χ4v) is 4.90. The SMILES string of the molecule is COc1cc(Br)cc(C=Nn2c(-c3cc4ccccc4o3)nc3ccccc3c2=O)c1OCC(=O)Nc1ccccc1. The fourth-order valence-electron chi connectivity index (χ4n) is 4.45. The van der Waals surface area contributed by atoms with Crippen molar-refractivity contribution in [3.8, 4) is 23.1 Å². The number of aromatic nitrogens is 2. The first-order chi connectivity index (χ1) is 20.5. The van der Waals surface area contributed by atoms with Crippen LogP contribution in [0.2, 0.25) is 0 Å². The van der Waals surface area contributed by atoms with Gasteiger partial charge in [0.05, 0.1) is 24.2 Å². The number of rotatable bonds is 8. The Bertz CT molecular complexity index is 1980. The summed E-state index contributed by atoms with van der Waals surface area (Å²) in [5.74, 6) is 0.922. The van der Waals surface area contributed by atoms with Gasteiger partial charge in [0.2, 0.25) is 5.82 Å². The zero-order valence-electron chi connectivity index (χ0n) is 22.3. The predicted molar refractivity (Wildman–Crippen MR) is 165 cm³/mol. The van der Waals surface area contributed by atoms with Crippen LogP contribution in [0.4, 0.5) is 5.69 Å². The minimum Gasteiger partial charge on any atom is -0.493 e. The molecule has 0 saturated carbocycles. The molecule has 1 N–H and O–H groups in total. The Balaban J connectivity index is 1.40. The van der Waals surface area contributed by atoms with E-state index >= 15 is 0 Å². The molecular formula is C32H23BrN4O5. The fraction of sp³-hybridized carbons (Fsp3) is 0.0625. The van der Waals surface area contributed by atoms with E-state index in [1.54, 1.807) is 42.5 Å². The normalized spacial score (nSPS) is 11.3. The molecule has 208 valence electrons. The number of fused-ring (bicyclic) bond motifs is 2. The van der Waals surface area contributed by atoms with Crippen molar-refractivity contribution in [3.63, 3.8) is 0 Å². The van der Waals surface area contributed by atoms with Crippen molar-refractivity contribution in [2.24, 2.45) is 5.10 Å². The molecule has 6 aromatic rings. The van der Waals surface area contributed by atoms with Gasteiger partial charge in [0.25, 0.3) is 11.5 Å². The molecule has 0 radical (unpaired) electrons. The molecule has 0 unspecified atom stereocenters. The van der Waals surface area contributed by atoms with E-state index in [-0.39, 0.29) is 29.6 Å². The van der Waals surface area contributed by atoms with E-state index in [1.807, 2.05) is 54.6 Å². The second-order valence-corrected chi connectivity index (χ2v) is 10.1. The van der Waals surface area contributed by atoms with Crippen molar-refractivity contribution in [1.82, 2.24) is 9.66 Å². The average Bonchev–Trinajstić information content (AvgIpc) is 3.44. The number of nitrogens with one attached hydrogen (secondary N) is 1. The number of ether oxygens (including phenoxy) is 2. The number of hydrogen-bond acceptors (Lipinski definition) is 7. The highest BCUT2D eigenvalue weighted by Gasteiger charge is 2.18. The third-order valence-corrected chi connectivity index (χ3v) is 6.84. The number of carbonyl (C=O) groups excluding carboxylic acids is 1. The maximum Gasteiger partial charge on any atom is 0.282 e. The predicted octanol–water partition coefficient (Wildman–Crippen LogP) is 6.48. The van der Waals surface area contributed by atoms with E-state index in [2.05, 4.69) is 26.3 Å². The first kappa shape index (κ1) is 27.0. The number of benzene rings is 4. The van der Waals surface area contributed by atoms with Gasteiger partial charge in [-0.3, -0.25) is 9.59 Å². The summed E-state index contributed by atoms with van der Waals surface area (Å²) in [6, 6.07) is 28.9. The van der Waals surface area contributed by atoms with Crippen LogP contribution in [0.1, 0.15) is 5.56 Å². The van der Waals surface area contributed by atoms with Crippen LogP contribution >= 0.6 is 15.9 Å². The van der Waals surface area contributed by atoms with E-state index in [9.17, 15) is 9.59 Å². The number of anilines is 1. The van der Waals surface area contributed by atoms with Crippen LogP contribution in [0.3, 0.4) is 0 Å². The molecule has 6 rings (SSSR count). The lowest BCUT2D eigenvalue weighted by atomic mass is 10.2. The molecule has 0 atom stereocenters. The summed E-state index contributed by atoms with van der Waals surface area (Å²) in [7, 11) is 1.50. The van der Waals surface area contributed by atoms with Gasteiger partial charge in [-0.2, -0.15) is 9.78 Å². The van der Waals surface area contributed by atoms with Gasteiger partial charge in [-0.25, -0.2) is 4.98 Å². The van der Waals surface area contributed by atoms with Crippen LogP contribution in [-0.2, 0) is 4.79 Å². The molecular weight excluding hydrogens is 600 g/mol. The minimum absolute atomic E-state index is 0.234. The monoisotopic (exact) mass is 622 g/mol. The number of carbonyl (C=O) groups is 1. The van der Waals surface area contributed by atoms with Crippen molar-refractivity contribution < 1.29 is 18.7 Å². The largest absolute Gasteiger partial charge is 0.493 e. The van der Waals surface area contributed by atoms with Gasteiger partial charge in [0, 0.05) is 21.1 Å². The quantitative estimate of drug-likeness (QED) is 0.195. The second kappa shape index (κ2) is 11.7. The summed E-state index contributed by atoms with van der Waals surface area (Å²) in [4.78, 5) is 31.0. The van der Waals surface area contributed by atoms with Crippen molar-refractivity contribution in [3.05, 3.63) is 117 Å². The lowest BCUT2D eigenvalue weighted by molar-refractivity contribution is -0.118. The van der Waals surface area contributed by atoms with Crippen LogP contribution in [0.15, 0.2) is 116 Å². The van der Waals surface area contributed by atoms with Crippen molar-refractivity contribution in [1.29, 1.82) is 0 Å². The van der Waals surface area contributed by atoms with Crippen LogP contribution in [0, 0.1) is 0 Å². The Labute approximate surface area is 248 Å². The van der Waals surface area contributed by atoms with Gasteiger partial charge in [-0.1, -0.05) is 64.5 Å². The molecule has 0 spiro atoms. The van der Waals surface area contributed by atoms with Gasteiger partial charge in [-0.15, -0.1) is 0 Å². The van der Waals surface area contributed by atoms with Gasteiger partial charge < -0.3 is 19.2 Å². The Morgan fingerprint density at radius 1 is 1.02 bits per heavy atom. The van der Waals surface area contributed by atoms with E-state index < -0.39 is 0 Å².